The molecule has 2 rings (SSSR count). The lowest BCUT2D eigenvalue weighted by Crippen LogP contribution is -2.41. The van der Waals surface area contributed by atoms with E-state index in [1.165, 1.54) is 4.90 Å². The SMILES string of the molecule is CN(CCCC(Cc1cccc(B2OC(C)(C)C(C)(C)O2)c1)C(=O)O)C(=O)OC(C)(C)C. The molecule has 0 aromatic heterocycles. The third kappa shape index (κ3) is 6.97. The van der Waals surface area contributed by atoms with Crippen LogP contribution in [0.1, 0.15) is 66.9 Å². The molecule has 0 bridgehead atoms. The minimum Gasteiger partial charge on any atom is -0.481 e. The van der Waals surface area contributed by atoms with E-state index < -0.39 is 41.9 Å². The predicted molar refractivity (Wildman–Crippen MR) is 125 cm³/mol. The summed E-state index contributed by atoms with van der Waals surface area (Å²) < 4.78 is 17.6. The standard InChI is InChI=1S/C24H38BNO6/c1-22(2,3)30-21(29)26(8)14-10-12-18(20(27)28)15-17-11-9-13-19(16-17)25-31-23(4,5)24(6,7)32-25/h9,11,13,16,18H,10,12,14-15H2,1-8H3,(H,27,28). The summed E-state index contributed by atoms with van der Waals surface area (Å²) in [5.41, 5.74) is 0.381. The molecule has 1 unspecified atom stereocenters. The molecule has 1 aromatic carbocycles. The van der Waals surface area contributed by atoms with Gasteiger partial charge in [0.1, 0.15) is 5.60 Å². The van der Waals surface area contributed by atoms with Gasteiger partial charge in [-0.25, -0.2) is 4.79 Å². The van der Waals surface area contributed by atoms with Crippen LogP contribution >= 0.6 is 0 Å². The molecular weight excluding hydrogens is 409 g/mol. The van der Waals surface area contributed by atoms with Crippen LogP contribution in [-0.2, 0) is 25.3 Å². The van der Waals surface area contributed by atoms with Crippen LogP contribution in [0.15, 0.2) is 24.3 Å². The zero-order valence-electron chi connectivity index (χ0n) is 20.7. The number of carbonyl (C=O) groups excluding carboxylic acids is 1. The van der Waals surface area contributed by atoms with Crippen molar-refractivity contribution in [1.82, 2.24) is 4.90 Å². The van der Waals surface area contributed by atoms with Gasteiger partial charge in [-0.3, -0.25) is 4.79 Å². The summed E-state index contributed by atoms with van der Waals surface area (Å²) in [4.78, 5) is 25.4. The molecule has 1 aromatic rings. The van der Waals surface area contributed by atoms with Gasteiger partial charge in [-0.05, 0) is 78.8 Å². The number of amides is 1. The second-order valence-electron chi connectivity index (χ2n) is 10.6. The van der Waals surface area contributed by atoms with E-state index in [0.717, 1.165) is 11.0 Å². The molecular formula is C24H38BNO6. The Labute approximate surface area is 192 Å². The summed E-state index contributed by atoms with van der Waals surface area (Å²) >= 11 is 0. The van der Waals surface area contributed by atoms with E-state index in [9.17, 15) is 14.7 Å². The van der Waals surface area contributed by atoms with Gasteiger partial charge in [0.2, 0.25) is 0 Å². The lowest BCUT2D eigenvalue weighted by atomic mass is 9.77. The van der Waals surface area contributed by atoms with Crippen molar-refractivity contribution in [1.29, 1.82) is 0 Å². The number of hydrogen-bond acceptors (Lipinski definition) is 5. The van der Waals surface area contributed by atoms with E-state index in [1.807, 2.05) is 72.7 Å². The molecule has 1 amide bonds. The zero-order valence-corrected chi connectivity index (χ0v) is 20.7. The third-order valence-corrected chi connectivity index (χ3v) is 6.06. The predicted octanol–water partition coefficient (Wildman–Crippen LogP) is 3.88. The van der Waals surface area contributed by atoms with Gasteiger partial charge in [0.05, 0.1) is 17.1 Å². The molecule has 0 saturated carbocycles. The van der Waals surface area contributed by atoms with Gasteiger partial charge in [0, 0.05) is 13.6 Å². The van der Waals surface area contributed by atoms with Gasteiger partial charge in [-0.15, -0.1) is 0 Å². The van der Waals surface area contributed by atoms with E-state index in [-0.39, 0.29) is 0 Å². The zero-order chi connectivity index (χ0) is 24.3. The van der Waals surface area contributed by atoms with Gasteiger partial charge in [-0.1, -0.05) is 24.3 Å². The van der Waals surface area contributed by atoms with Crippen molar-refractivity contribution in [3.8, 4) is 0 Å². The second-order valence-corrected chi connectivity index (χ2v) is 10.6. The van der Waals surface area contributed by atoms with E-state index in [1.54, 1.807) is 7.05 Å². The maximum absolute atomic E-state index is 12.1. The van der Waals surface area contributed by atoms with Gasteiger partial charge in [0.25, 0.3) is 0 Å². The Morgan fingerprint density at radius 2 is 1.75 bits per heavy atom. The summed E-state index contributed by atoms with van der Waals surface area (Å²) in [5, 5.41) is 9.73. The molecule has 178 valence electrons. The van der Waals surface area contributed by atoms with Crippen LogP contribution in [0.25, 0.3) is 0 Å². The minimum atomic E-state index is -0.842. The number of aliphatic carboxylic acids is 1. The van der Waals surface area contributed by atoms with Crippen LogP contribution < -0.4 is 5.46 Å². The van der Waals surface area contributed by atoms with Crippen molar-refractivity contribution in [2.75, 3.05) is 13.6 Å². The molecule has 0 radical (unpaired) electrons. The first-order valence-electron chi connectivity index (χ1n) is 11.2. The number of hydrogen-bond donors (Lipinski definition) is 1. The van der Waals surface area contributed by atoms with Crippen molar-refractivity contribution < 1.29 is 28.7 Å². The largest absolute Gasteiger partial charge is 0.494 e. The number of carboxylic acids is 1. The van der Waals surface area contributed by atoms with Crippen LogP contribution in [0.5, 0.6) is 0 Å². The Morgan fingerprint density at radius 1 is 1.16 bits per heavy atom. The molecule has 1 fully saturated rings. The maximum atomic E-state index is 12.1. The third-order valence-electron chi connectivity index (χ3n) is 6.06. The van der Waals surface area contributed by atoms with Gasteiger partial charge in [-0.2, -0.15) is 0 Å². The first-order valence-corrected chi connectivity index (χ1v) is 11.2. The van der Waals surface area contributed by atoms with E-state index >= 15 is 0 Å². The Bertz CT molecular complexity index is 801. The normalized spacial score (nSPS) is 18.3. The fraction of sp³-hybridized carbons (Fsp3) is 0.667. The highest BCUT2D eigenvalue weighted by atomic mass is 16.7. The first-order chi connectivity index (χ1) is 14.6. The van der Waals surface area contributed by atoms with E-state index in [0.29, 0.717) is 25.8 Å². The lowest BCUT2D eigenvalue weighted by Gasteiger charge is -2.32. The number of rotatable bonds is 8. The van der Waals surface area contributed by atoms with Crippen molar-refractivity contribution in [3.05, 3.63) is 29.8 Å². The highest BCUT2D eigenvalue weighted by Gasteiger charge is 2.51. The average molecular weight is 447 g/mol. The minimum absolute atomic E-state index is 0.402. The van der Waals surface area contributed by atoms with Crippen molar-refractivity contribution >= 4 is 24.6 Å². The highest BCUT2D eigenvalue weighted by Crippen LogP contribution is 2.36. The monoisotopic (exact) mass is 447 g/mol. The number of carbonyl (C=O) groups is 2. The Hall–Kier alpha value is -2.06. The molecule has 0 spiro atoms. The fourth-order valence-corrected chi connectivity index (χ4v) is 3.45. The van der Waals surface area contributed by atoms with Gasteiger partial charge < -0.3 is 24.1 Å². The summed E-state index contributed by atoms with van der Waals surface area (Å²) in [5.74, 6) is -1.39. The van der Waals surface area contributed by atoms with Crippen LogP contribution in [0.3, 0.4) is 0 Å². The van der Waals surface area contributed by atoms with Crippen molar-refractivity contribution in [2.45, 2.75) is 84.5 Å². The summed E-state index contributed by atoms with van der Waals surface area (Å²) in [7, 11) is 1.18. The van der Waals surface area contributed by atoms with Crippen LogP contribution in [0.2, 0.25) is 0 Å². The number of nitrogens with zero attached hydrogens (tertiary/aromatic N) is 1. The molecule has 7 nitrogen and oxygen atoms in total. The Morgan fingerprint density at radius 3 is 2.28 bits per heavy atom. The lowest BCUT2D eigenvalue weighted by molar-refractivity contribution is -0.142. The van der Waals surface area contributed by atoms with Crippen LogP contribution in [-0.4, -0.2) is 59.6 Å². The quantitative estimate of drug-likeness (QED) is 0.609. The maximum Gasteiger partial charge on any atom is 0.494 e. The molecule has 1 N–H and O–H groups in total. The molecule has 1 saturated heterocycles. The number of benzene rings is 1. The average Bonchev–Trinajstić information content (AvgIpc) is 2.87. The van der Waals surface area contributed by atoms with Crippen LogP contribution in [0, 0.1) is 5.92 Å². The fourth-order valence-electron chi connectivity index (χ4n) is 3.45. The van der Waals surface area contributed by atoms with Gasteiger partial charge >= 0.3 is 19.2 Å². The molecule has 8 heteroatoms. The van der Waals surface area contributed by atoms with E-state index in [4.69, 9.17) is 14.0 Å². The highest BCUT2D eigenvalue weighted by molar-refractivity contribution is 6.62. The van der Waals surface area contributed by atoms with Crippen molar-refractivity contribution in [2.24, 2.45) is 5.92 Å². The van der Waals surface area contributed by atoms with E-state index in [2.05, 4.69) is 0 Å². The first kappa shape index (κ1) is 26.2. The summed E-state index contributed by atoms with van der Waals surface area (Å²) in [6, 6.07) is 7.74. The Balaban J connectivity index is 1.97. The Kier molecular flexibility index (Phi) is 8.05. The number of ether oxygens (including phenoxy) is 1. The summed E-state index contributed by atoms with van der Waals surface area (Å²) in [6.07, 6.45) is 1.03. The number of carboxylic acid groups (broad SMARTS) is 1. The molecule has 1 atom stereocenters. The molecule has 1 heterocycles. The van der Waals surface area contributed by atoms with Gasteiger partial charge in [0.15, 0.2) is 0 Å². The molecule has 1 aliphatic heterocycles. The van der Waals surface area contributed by atoms with Crippen molar-refractivity contribution in [3.63, 3.8) is 0 Å². The summed E-state index contributed by atoms with van der Waals surface area (Å²) in [6.45, 7) is 13.9. The molecule has 0 aliphatic carbocycles. The second kappa shape index (κ2) is 9.83. The molecule has 1 aliphatic rings. The van der Waals surface area contributed by atoms with Crippen LogP contribution in [0.4, 0.5) is 4.79 Å². The molecule has 32 heavy (non-hydrogen) atoms. The smallest absolute Gasteiger partial charge is 0.481 e. The topological polar surface area (TPSA) is 85.3 Å².